The van der Waals surface area contributed by atoms with Crippen molar-refractivity contribution in [1.29, 1.82) is 0 Å². The van der Waals surface area contributed by atoms with E-state index in [9.17, 15) is 8.42 Å². The number of nitrogen functional groups attached to an aromatic ring is 1. The van der Waals surface area contributed by atoms with Gasteiger partial charge in [-0.1, -0.05) is 11.6 Å². The molecular weight excluding hydrogens is 292 g/mol. The Kier molecular flexibility index (Phi) is 5.50. The van der Waals surface area contributed by atoms with E-state index in [1.54, 1.807) is 13.8 Å². The fourth-order valence-electron chi connectivity index (χ4n) is 1.56. The first-order valence-corrected chi connectivity index (χ1v) is 7.41. The minimum atomic E-state index is -3.75. The molecule has 1 aromatic rings. The Balaban J connectivity index is 3.22. The van der Waals surface area contributed by atoms with Crippen LogP contribution in [0.5, 0.6) is 0 Å². The molecule has 1 aromatic heterocycles. The molecule has 0 aliphatic heterocycles. The summed E-state index contributed by atoms with van der Waals surface area (Å²) in [6.07, 6.45) is 1.17. The fourth-order valence-corrected chi connectivity index (χ4v) is 3.44. The third-order valence-electron chi connectivity index (χ3n) is 2.46. The summed E-state index contributed by atoms with van der Waals surface area (Å²) in [5.74, 6) is 5.37. The van der Waals surface area contributed by atoms with Crippen molar-refractivity contribution in [2.75, 3.05) is 18.6 Å². The summed E-state index contributed by atoms with van der Waals surface area (Å²) < 4.78 is 25.9. The number of pyridine rings is 1. The van der Waals surface area contributed by atoms with Crippen molar-refractivity contribution in [3.63, 3.8) is 0 Å². The molecule has 9 heteroatoms. The van der Waals surface area contributed by atoms with Gasteiger partial charge in [-0.15, -0.1) is 0 Å². The van der Waals surface area contributed by atoms with Gasteiger partial charge in [-0.2, -0.15) is 4.31 Å². The second-order valence-electron chi connectivity index (χ2n) is 4.08. The maximum Gasteiger partial charge on any atom is 0.244 e. The highest BCUT2D eigenvalue weighted by atomic mass is 35.5. The van der Waals surface area contributed by atoms with E-state index >= 15 is 0 Å². The molecule has 7 nitrogen and oxygen atoms in total. The monoisotopic (exact) mass is 308 g/mol. The van der Waals surface area contributed by atoms with Crippen LogP contribution in [0.15, 0.2) is 17.2 Å². The number of nitrogens with two attached hydrogens (primary N) is 1. The highest BCUT2D eigenvalue weighted by molar-refractivity contribution is 7.89. The van der Waals surface area contributed by atoms with Crippen LogP contribution in [0.4, 0.5) is 5.82 Å². The predicted molar refractivity (Wildman–Crippen MR) is 73.2 cm³/mol. The fraction of sp³-hybridized carbons (Fsp3) is 0.500. The standard InChI is InChI=1S/C10H17ClN4O3S/c1-7(2)15(3-4-16)19(17,18)8-5-9(11)10(14-12)13-6-8/h5-7,16H,3-4,12H2,1-2H3,(H,13,14). The SMILES string of the molecule is CC(C)N(CCO)S(=O)(=O)c1cnc(NN)c(Cl)c1. The van der Waals surface area contributed by atoms with Crippen LogP contribution in [-0.4, -0.2) is 42.0 Å². The van der Waals surface area contributed by atoms with Crippen molar-refractivity contribution in [2.24, 2.45) is 5.84 Å². The molecule has 0 amide bonds. The van der Waals surface area contributed by atoms with Crippen LogP contribution < -0.4 is 11.3 Å². The van der Waals surface area contributed by atoms with Crippen LogP contribution in [0.2, 0.25) is 5.02 Å². The molecule has 0 spiro atoms. The molecule has 108 valence electrons. The lowest BCUT2D eigenvalue weighted by molar-refractivity contribution is 0.236. The van der Waals surface area contributed by atoms with Gasteiger partial charge in [-0.05, 0) is 19.9 Å². The number of aliphatic hydroxyl groups excluding tert-OH is 1. The number of anilines is 1. The number of halogens is 1. The molecule has 0 fully saturated rings. The summed E-state index contributed by atoms with van der Waals surface area (Å²) in [5.41, 5.74) is 2.26. The van der Waals surface area contributed by atoms with Crippen LogP contribution in [0, 0.1) is 0 Å². The number of rotatable bonds is 6. The predicted octanol–water partition coefficient (Wildman–Crippen LogP) is 0.412. The highest BCUT2D eigenvalue weighted by Crippen LogP contribution is 2.24. The Bertz CT molecular complexity index is 536. The third kappa shape index (κ3) is 3.54. The van der Waals surface area contributed by atoms with Crippen LogP contribution >= 0.6 is 11.6 Å². The van der Waals surface area contributed by atoms with E-state index in [1.807, 2.05) is 0 Å². The van der Waals surface area contributed by atoms with Crippen molar-refractivity contribution in [2.45, 2.75) is 24.8 Å². The Morgan fingerprint density at radius 1 is 1.58 bits per heavy atom. The van der Waals surface area contributed by atoms with Crippen molar-refractivity contribution < 1.29 is 13.5 Å². The van der Waals surface area contributed by atoms with Crippen LogP contribution in [0.1, 0.15) is 13.8 Å². The van der Waals surface area contributed by atoms with Gasteiger partial charge in [0.2, 0.25) is 10.0 Å². The first-order chi connectivity index (χ1) is 8.84. The van der Waals surface area contributed by atoms with Crippen LogP contribution in [0.3, 0.4) is 0 Å². The van der Waals surface area contributed by atoms with E-state index in [2.05, 4.69) is 10.4 Å². The second kappa shape index (κ2) is 6.49. The molecule has 0 radical (unpaired) electrons. The number of nitrogens with zero attached hydrogens (tertiary/aromatic N) is 2. The largest absolute Gasteiger partial charge is 0.395 e. The first kappa shape index (κ1) is 16.1. The van der Waals surface area contributed by atoms with Gasteiger partial charge in [0.15, 0.2) is 5.82 Å². The van der Waals surface area contributed by atoms with E-state index in [0.29, 0.717) is 0 Å². The van der Waals surface area contributed by atoms with Crippen LogP contribution in [0.25, 0.3) is 0 Å². The molecule has 0 aliphatic carbocycles. The van der Waals surface area contributed by atoms with E-state index in [0.717, 1.165) is 0 Å². The Morgan fingerprint density at radius 3 is 2.63 bits per heavy atom. The van der Waals surface area contributed by atoms with Gasteiger partial charge >= 0.3 is 0 Å². The van der Waals surface area contributed by atoms with Gasteiger partial charge in [-0.3, -0.25) is 0 Å². The maximum atomic E-state index is 12.4. The molecule has 0 atom stereocenters. The molecule has 0 aliphatic rings. The van der Waals surface area contributed by atoms with Gasteiger partial charge in [0.05, 0.1) is 11.6 Å². The molecule has 0 bridgehead atoms. The van der Waals surface area contributed by atoms with E-state index in [1.165, 1.54) is 16.6 Å². The second-order valence-corrected chi connectivity index (χ2v) is 6.38. The lowest BCUT2D eigenvalue weighted by Crippen LogP contribution is -2.39. The molecule has 19 heavy (non-hydrogen) atoms. The molecular formula is C10H17ClN4O3S. The molecule has 1 rings (SSSR count). The number of sulfonamides is 1. The molecule has 4 N–H and O–H groups in total. The van der Waals surface area contributed by atoms with Crippen molar-refractivity contribution in [3.05, 3.63) is 17.3 Å². The maximum absolute atomic E-state index is 12.4. The van der Waals surface area contributed by atoms with E-state index < -0.39 is 10.0 Å². The summed E-state index contributed by atoms with van der Waals surface area (Å²) in [7, 11) is -3.75. The summed E-state index contributed by atoms with van der Waals surface area (Å²) in [5, 5.41) is 9.07. The normalized spacial score (nSPS) is 12.2. The van der Waals surface area contributed by atoms with Crippen molar-refractivity contribution >= 4 is 27.4 Å². The first-order valence-electron chi connectivity index (χ1n) is 5.59. The molecule has 0 aromatic carbocycles. The topological polar surface area (TPSA) is 109 Å². The average Bonchev–Trinajstić information content (AvgIpc) is 2.35. The minimum Gasteiger partial charge on any atom is -0.395 e. The summed E-state index contributed by atoms with van der Waals surface area (Å²) >= 11 is 5.86. The Morgan fingerprint density at radius 2 is 2.21 bits per heavy atom. The summed E-state index contributed by atoms with van der Waals surface area (Å²) in [6, 6.07) is 0.981. The molecule has 1 heterocycles. The third-order valence-corrected chi connectivity index (χ3v) is 4.78. The molecule has 0 saturated carbocycles. The number of aliphatic hydroxyl groups is 1. The lowest BCUT2D eigenvalue weighted by Gasteiger charge is -2.25. The van der Waals surface area contributed by atoms with Gasteiger partial charge < -0.3 is 10.5 Å². The van der Waals surface area contributed by atoms with Gasteiger partial charge in [0.25, 0.3) is 0 Å². The van der Waals surface area contributed by atoms with Crippen LogP contribution in [-0.2, 0) is 10.0 Å². The van der Waals surface area contributed by atoms with Crippen molar-refractivity contribution in [1.82, 2.24) is 9.29 Å². The number of nitrogens with one attached hydrogen (secondary N) is 1. The zero-order valence-electron chi connectivity index (χ0n) is 10.7. The van der Waals surface area contributed by atoms with Gasteiger partial charge in [0.1, 0.15) is 4.90 Å². The Labute approximate surface area is 117 Å². The molecule has 0 unspecified atom stereocenters. The summed E-state index contributed by atoms with van der Waals surface area (Å²) in [6.45, 7) is 3.19. The number of hydrazine groups is 1. The quantitative estimate of drug-likeness (QED) is 0.519. The smallest absolute Gasteiger partial charge is 0.244 e. The average molecular weight is 309 g/mol. The number of hydrogen-bond donors (Lipinski definition) is 3. The molecule has 0 saturated heterocycles. The zero-order valence-corrected chi connectivity index (χ0v) is 12.2. The number of aromatic nitrogens is 1. The van der Waals surface area contributed by atoms with E-state index in [4.69, 9.17) is 22.6 Å². The van der Waals surface area contributed by atoms with Crippen molar-refractivity contribution in [3.8, 4) is 0 Å². The lowest BCUT2D eigenvalue weighted by atomic mass is 10.4. The Hall–Kier alpha value is -0.930. The highest BCUT2D eigenvalue weighted by Gasteiger charge is 2.27. The summed E-state index contributed by atoms with van der Waals surface area (Å²) in [4.78, 5) is 3.79. The number of hydrogen-bond acceptors (Lipinski definition) is 6. The zero-order chi connectivity index (χ0) is 14.6. The van der Waals surface area contributed by atoms with E-state index in [-0.39, 0.29) is 34.9 Å². The van der Waals surface area contributed by atoms with Gasteiger partial charge in [0, 0.05) is 18.8 Å². The minimum absolute atomic E-state index is 0.00844. The van der Waals surface area contributed by atoms with Gasteiger partial charge in [-0.25, -0.2) is 19.2 Å².